The van der Waals surface area contributed by atoms with Crippen LogP contribution in [-0.4, -0.2) is 36.1 Å². The van der Waals surface area contributed by atoms with Gasteiger partial charge in [0.1, 0.15) is 0 Å². The third kappa shape index (κ3) is 2.60. The third-order valence-electron chi connectivity index (χ3n) is 4.37. The molecule has 16 heavy (non-hydrogen) atoms. The van der Waals surface area contributed by atoms with Gasteiger partial charge in [-0.3, -0.25) is 4.90 Å². The van der Waals surface area contributed by atoms with Crippen molar-refractivity contribution in [1.82, 2.24) is 10.2 Å². The number of nitrogens with one attached hydrogen (secondary N) is 1. The van der Waals surface area contributed by atoms with Crippen LogP contribution in [0, 0.1) is 5.92 Å². The Morgan fingerprint density at radius 3 is 2.56 bits per heavy atom. The molecule has 1 atom stereocenters. The fourth-order valence-electron chi connectivity index (χ4n) is 3.51. The van der Waals surface area contributed by atoms with E-state index in [1.807, 2.05) is 0 Å². The van der Waals surface area contributed by atoms with Crippen molar-refractivity contribution in [2.24, 2.45) is 5.92 Å². The Hall–Kier alpha value is -0.0800. The first-order valence-electron chi connectivity index (χ1n) is 7.14. The van der Waals surface area contributed by atoms with Gasteiger partial charge >= 0.3 is 0 Å². The molecule has 2 aliphatic rings. The number of piperazine rings is 1. The van der Waals surface area contributed by atoms with Crippen LogP contribution in [0.4, 0.5) is 0 Å². The zero-order valence-corrected chi connectivity index (χ0v) is 11.3. The molecule has 1 unspecified atom stereocenters. The second-order valence-corrected chi connectivity index (χ2v) is 6.25. The van der Waals surface area contributed by atoms with Crippen LogP contribution < -0.4 is 5.32 Å². The minimum absolute atomic E-state index is 0.487. The van der Waals surface area contributed by atoms with Crippen LogP contribution in [0.25, 0.3) is 0 Å². The lowest BCUT2D eigenvalue weighted by Gasteiger charge is -2.47. The smallest absolute Gasteiger partial charge is 0.0309 e. The molecule has 2 nitrogen and oxygen atoms in total. The van der Waals surface area contributed by atoms with Crippen molar-refractivity contribution in [3.05, 3.63) is 0 Å². The van der Waals surface area contributed by atoms with E-state index in [0.29, 0.717) is 5.54 Å². The zero-order valence-electron chi connectivity index (χ0n) is 11.3. The van der Waals surface area contributed by atoms with E-state index in [1.165, 1.54) is 51.7 Å². The minimum Gasteiger partial charge on any atom is -0.308 e. The Kier molecular flexibility index (Phi) is 3.91. The summed E-state index contributed by atoms with van der Waals surface area (Å²) in [6.07, 6.45) is 6.95. The van der Waals surface area contributed by atoms with Crippen molar-refractivity contribution in [3.63, 3.8) is 0 Å². The highest BCUT2D eigenvalue weighted by atomic mass is 15.3. The summed E-state index contributed by atoms with van der Waals surface area (Å²) < 4.78 is 0. The van der Waals surface area contributed by atoms with Crippen molar-refractivity contribution in [2.75, 3.05) is 19.6 Å². The van der Waals surface area contributed by atoms with Gasteiger partial charge in [0, 0.05) is 31.2 Å². The molecule has 2 heteroatoms. The Labute approximate surface area is 101 Å². The average Bonchev–Trinajstić information content (AvgIpc) is 2.66. The van der Waals surface area contributed by atoms with Crippen LogP contribution in [0.5, 0.6) is 0 Å². The summed E-state index contributed by atoms with van der Waals surface area (Å²) in [6, 6.07) is 0.772. The molecular formula is C14H28N2. The van der Waals surface area contributed by atoms with Crippen molar-refractivity contribution in [3.8, 4) is 0 Å². The summed E-state index contributed by atoms with van der Waals surface area (Å²) in [5, 5.41) is 3.86. The lowest BCUT2D eigenvalue weighted by molar-refractivity contribution is 0.0683. The molecule has 1 spiro atoms. The predicted molar refractivity (Wildman–Crippen MR) is 69.7 cm³/mol. The Bertz CT molecular complexity index is 219. The number of hydrogen-bond acceptors (Lipinski definition) is 2. The molecule has 2 fully saturated rings. The van der Waals surface area contributed by atoms with E-state index >= 15 is 0 Å². The second kappa shape index (κ2) is 5.05. The van der Waals surface area contributed by atoms with Crippen LogP contribution in [-0.2, 0) is 0 Å². The Balaban J connectivity index is 1.99. The van der Waals surface area contributed by atoms with Gasteiger partial charge in [-0.2, -0.15) is 0 Å². The topological polar surface area (TPSA) is 15.3 Å². The highest BCUT2D eigenvalue weighted by Gasteiger charge is 2.40. The molecule has 94 valence electrons. The second-order valence-electron chi connectivity index (χ2n) is 6.25. The number of rotatable bonds is 3. The molecule has 1 saturated carbocycles. The number of hydrogen-bond donors (Lipinski definition) is 1. The summed E-state index contributed by atoms with van der Waals surface area (Å²) in [7, 11) is 0. The minimum atomic E-state index is 0.487. The quantitative estimate of drug-likeness (QED) is 0.793. The van der Waals surface area contributed by atoms with E-state index in [4.69, 9.17) is 0 Å². The lowest BCUT2D eigenvalue weighted by atomic mass is 9.91. The highest BCUT2D eigenvalue weighted by molar-refractivity contribution is 5.00. The number of nitrogens with zero attached hydrogens (tertiary/aromatic N) is 1. The third-order valence-corrected chi connectivity index (χ3v) is 4.37. The van der Waals surface area contributed by atoms with E-state index in [9.17, 15) is 0 Å². The fraction of sp³-hybridized carbons (Fsp3) is 1.00. The van der Waals surface area contributed by atoms with Crippen molar-refractivity contribution >= 4 is 0 Å². The summed E-state index contributed by atoms with van der Waals surface area (Å²) in [4.78, 5) is 2.76. The van der Waals surface area contributed by atoms with E-state index in [0.717, 1.165) is 12.0 Å². The van der Waals surface area contributed by atoms with E-state index in [2.05, 4.69) is 31.0 Å². The van der Waals surface area contributed by atoms with Crippen LogP contribution >= 0.6 is 0 Å². The van der Waals surface area contributed by atoms with Gasteiger partial charge in [0.05, 0.1) is 0 Å². The van der Waals surface area contributed by atoms with Crippen molar-refractivity contribution in [1.29, 1.82) is 0 Å². The summed E-state index contributed by atoms with van der Waals surface area (Å²) in [5.74, 6) is 0.797. The first-order chi connectivity index (χ1) is 7.65. The summed E-state index contributed by atoms with van der Waals surface area (Å²) >= 11 is 0. The van der Waals surface area contributed by atoms with Crippen LogP contribution in [0.3, 0.4) is 0 Å². The maximum absolute atomic E-state index is 3.86. The average molecular weight is 224 g/mol. The molecule has 1 saturated heterocycles. The van der Waals surface area contributed by atoms with Crippen LogP contribution in [0.1, 0.15) is 52.9 Å². The highest BCUT2D eigenvalue weighted by Crippen LogP contribution is 2.33. The normalized spacial score (nSPS) is 30.4. The van der Waals surface area contributed by atoms with Gasteiger partial charge in [-0.15, -0.1) is 0 Å². The first kappa shape index (κ1) is 12.4. The van der Waals surface area contributed by atoms with Gasteiger partial charge < -0.3 is 5.32 Å². The SMILES string of the molecule is CCC1CNC2(CCCC2)CN1CC(C)C. The molecule has 0 amide bonds. The molecule has 0 aromatic rings. The van der Waals surface area contributed by atoms with Crippen molar-refractivity contribution < 1.29 is 0 Å². The standard InChI is InChI=1S/C14H28N2/c1-4-13-9-15-14(7-5-6-8-14)11-16(13)10-12(2)3/h12-13,15H,4-11H2,1-3H3. The molecule has 1 heterocycles. The van der Waals surface area contributed by atoms with Gasteiger partial charge in [0.25, 0.3) is 0 Å². The molecule has 1 aliphatic carbocycles. The molecule has 0 bridgehead atoms. The van der Waals surface area contributed by atoms with E-state index < -0.39 is 0 Å². The largest absolute Gasteiger partial charge is 0.308 e. The monoisotopic (exact) mass is 224 g/mol. The van der Waals surface area contributed by atoms with Gasteiger partial charge in [-0.25, -0.2) is 0 Å². The van der Waals surface area contributed by atoms with Crippen molar-refractivity contribution in [2.45, 2.75) is 64.5 Å². The van der Waals surface area contributed by atoms with E-state index in [-0.39, 0.29) is 0 Å². The molecule has 1 N–H and O–H groups in total. The summed E-state index contributed by atoms with van der Waals surface area (Å²) in [5.41, 5.74) is 0.487. The molecule has 0 aromatic heterocycles. The zero-order chi connectivity index (χ0) is 11.6. The van der Waals surface area contributed by atoms with Crippen LogP contribution in [0.15, 0.2) is 0 Å². The lowest BCUT2D eigenvalue weighted by Crippen LogP contribution is -2.63. The predicted octanol–water partition coefficient (Wildman–Crippen LogP) is 2.64. The van der Waals surface area contributed by atoms with Gasteiger partial charge in [-0.1, -0.05) is 33.6 Å². The van der Waals surface area contributed by atoms with Crippen LogP contribution in [0.2, 0.25) is 0 Å². The van der Waals surface area contributed by atoms with E-state index in [1.54, 1.807) is 0 Å². The first-order valence-corrected chi connectivity index (χ1v) is 7.14. The molecule has 2 rings (SSSR count). The molecule has 0 radical (unpaired) electrons. The van der Waals surface area contributed by atoms with Gasteiger partial charge in [0.15, 0.2) is 0 Å². The Morgan fingerprint density at radius 1 is 1.31 bits per heavy atom. The Morgan fingerprint density at radius 2 is 2.00 bits per heavy atom. The van der Waals surface area contributed by atoms with Gasteiger partial charge in [0.2, 0.25) is 0 Å². The fourth-order valence-corrected chi connectivity index (χ4v) is 3.51. The maximum atomic E-state index is 3.86. The molecular weight excluding hydrogens is 196 g/mol. The molecule has 1 aliphatic heterocycles. The molecule has 0 aromatic carbocycles. The van der Waals surface area contributed by atoms with Gasteiger partial charge in [-0.05, 0) is 25.2 Å². The maximum Gasteiger partial charge on any atom is 0.0309 e. The summed E-state index contributed by atoms with van der Waals surface area (Å²) in [6.45, 7) is 10.8.